The van der Waals surface area contributed by atoms with Gasteiger partial charge in [-0.15, -0.1) is 0 Å². The molecule has 164 valence electrons. The number of carboxylic acids is 1. The SMILES string of the molecule is O=C(O)Cc1cn(Cc2ccc(C(F)(F)F)cc2)c2ccc(OCc3ccccc3)cc12. The number of hydrogen-bond acceptors (Lipinski definition) is 2. The first kappa shape index (κ1) is 21.5. The monoisotopic (exact) mass is 439 g/mol. The zero-order valence-electron chi connectivity index (χ0n) is 17.0. The van der Waals surface area contributed by atoms with E-state index in [9.17, 15) is 23.1 Å². The summed E-state index contributed by atoms with van der Waals surface area (Å²) >= 11 is 0. The average Bonchev–Trinajstić information content (AvgIpc) is 3.08. The van der Waals surface area contributed by atoms with Crippen LogP contribution in [0.25, 0.3) is 10.9 Å². The van der Waals surface area contributed by atoms with Crippen molar-refractivity contribution in [1.82, 2.24) is 4.57 Å². The lowest BCUT2D eigenvalue weighted by molar-refractivity contribution is -0.138. The Kier molecular flexibility index (Phi) is 5.90. The summed E-state index contributed by atoms with van der Waals surface area (Å²) in [4.78, 5) is 11.4. The molecule has 0 aliphatic heterocycles. The smallest absolute Gasteiger partial charge is 0.416 e. The lowest BCUT2D eigenvalue weighted by Crippen LogP contribution is -2.05. The molecule has 7 heteroatoms. The van der Waals surface area contributed by atoms with Crippen molar-refractivity contribution in [2.24, 2.45) is 0 Å². The zero-order valence-corrected chi connectivity index (χ0v) is 17.0. The Morgan fingerprint density at radius 3 is 2.31 bits per heavy atom. The maximum atomic E-state index is 12.8. The van der Waals surface area contributed by atoms with Gasteiger partial charge >= 0.3 is 12.1 Å². The van der Waals surface area contributed by atoms with Crippen LogP contribution in [0.15, 0.2) is 79.0 Å². The van der Waals surface area contributed by atoms with Gasteiger partial charge in [-0.2, -0.15) is 13.2 Å². The summed E-state index contributed by atoms with van der Waals surface area (Å²) < 4.78 is 46.2. The second-order valence-electron chi connectivity index (χ2n) is 7.50. The number of ether oxygens (including phenoxy) is 1. The number of alkyl halides is 3. The van der Waals surface area contributed by atoms with Crippen molar-refractivity contribution < 1.29 is 27.8 Å². The maximum Gasteiger partial charge on any atom is 0.416 e. The van der Waals surface area contributed by atoms with Crippen molar-refractivity contribution in [1.29, 1.82) is 0 Å². The molecule has 1 heterocycles. The number of nitrogens with zero attached hydrogens (tertiary/aromatic N) is 1. The van der Waals surface area contributed by atoms with Crippen molar-refractivity contribution in [2.75, 3.05) is 0 Å². The molecule has 32 heavy (non-hydrogen) atoms. The number of halogens is 3. The largest absolute Gasteiger partial charge is 0.489 e. The van der Waals surface area contributed by atoms with Gasteiger partial charge in [-0.05, 0) is 47.0 Å². The van der Waals surface area contributed by atoms with Crippen LogP contribution in [-0.2, 0) is 30.5 Å². The lowest BCUT2D eigenvalue weighted by Gasteiger charge is -2.10. The van der Waals surface area contributed by atoms with Crippen LogP contribution >= 0.6 is 0 Å². The number of fused-ring (bicyclic) bond motifs is 1. The molecule has 1 N–H and O–H groups in total. The van der Waals surface area contributed by atoms with Gasteiger partial charge < -0.3 is 14.4 Å². The molecule has 0 saturated carbocycles. The fourth-order valence-corrected chi connectivity index (χ4v) is 3.61. The molecule has 0 bridgehead atoms. The second-order valence-corrected chi connectivity index (χ2v) is 7.50. The van der Waals surface area contributed by atoms with Crippen LogP contribution < -0.4 is 4.74 Å². The van der Waals surface area contributed by atoms with Crippen molar-refractivity contribution in [3.63, 3.8) is 0 Å². The number of rotatable bonds is 7. The molecule has 0 radical (unpaired) electrons. The van der Waals surface area contributed by atoms with Gasteiger partial charge in [0.1, 0.15) is 12.4 Å². The summed E-state index contributed by atoms with van der Waals surface area (Å²) in [7, 11) is 0. The molecule has 0 atom stereocenters. The highest BCUT2D eigenvalue weighted by Crippen LogP contribution is 2.30. The quantitative estimate of drug-likeness (QED) is 0.389. The Morgan fingerprint density at radius 1 is 0.938 bits per heavy atom. The number of hydrogen-bond donors (Lipinski definition) is 1. The molecule has 0 aliphatic carbocycles. The van der Waals surface area contributed by atoms with E-state index in [-0.39, 0.29) is 6.42 Å². The fourth-order valence-electron chi connectivity index (χ4n) is 3.61. The van der Waals surface area contributed by atoms with E-state index in [1.54, 1.807) is 18.3 Å². The van der Waals surface area contributed by atoms with E-state index in [0.29, 0.717) is 30.0 Å². The highest BCUT2D eigenvalue weighted by Gasteiger charge is 2.29. The van der Waals surface area contributed by atoms with Crippen LogP contribution in [0.5, 0.6) is 5.75 Å². The van der Waals surface area contributed by atoms with Gasteiger partial charge in [-0.1, -0.05) is 42.5 Å². The van der Waals surface area contributed by atoms with Crippen molar-refractivity contribution in [3.8, 4) is 5.75 Å². The summed E-state index contributed by atoms with van der Waals surface area (Å²) in [5.41, 5.74) is 2.39. The van der Waals surface area contributed by atoms with Gasteiger partial charge in [-0.3, -0.25) is 4.79 Å². The number of aliphatic carboxylic acids is 1. The molecule has 0 saturated heterocycles. The van der Waals surface area contributed by atoms with E-state index >= 15 is 0 Å². The Balaban J connectivity index is 1.62. The van der Waals surface area contributed by atoms with Crippen LogP contribution in [0.1, 0.15) is 22.3 Å². The van der Waals surface area contributed by atoms with E-state index < -0.39 is 17.7 Å². The number of aromatic nitrogens is 1. The average molecular weight is 439 g/mol. The summed E-state index contributed by atoms with van der Waals surface area (Å²) in [5.74, 6) is -0.352. The summed E-state index contributed by atoms with van der Waals surface area (Å²) in [6.07, 6.45) is -2.82. The summed E-state index contributed by atoms with van der Waals surface area (Å²) in [5, 5.41) is 10.0. The van der Waals surface area contributed by atoms with E-state index in [1.165, 1.54) is 12.1 Å². The topological polar surface area (TPSA) is 51.5 Å². The third-order valence-electron chi connectivity index (χ3n) is 5.16. The van der Waals surface area contributed by atoms with Gasteiger partial charge in [0.15, 0.2) is 0 Å². The normalized spacial score (nSPS) is 11.6. The third-order valence-corrected chi connectivity index (χ3v) is 5.16. The minimum absolute atomic E-state index is 0.168. The molecule has 3 aromatic carbocycles. The Morgan fingerprint density at radius 2 is 1.66 bits per heavy atom. The Bertz CT molecular complexity index is 1230. The summed E-state index contributed by atoms with van der Waals surface area (Å²) in [6, 6.07) is 20.1. The first-order valence-corrected chi connectivity index (χ1v) is 9.96. The molecule has 4 nitrogen and oxygen atoms in total. The first-order valence-electron chi connectivity index (χ1n) is 9.96. The predicted octanol–water partition coefficient (Wildman–Crippen LogP) is 5.91. The minimum atomic E-state index is -4.39. The van der Waals surface area contributed by atoms with Crippen molar-refractivity contribution >= 4 is 16.9 Å². The third kappa shape index (κ3) is 4.94. The van der Waals surface area contributed by atoms with E-state index in [4.69, 9.17) is 4.74 Å². The van der Waals surface area contributed by atoms with Gasteiger partial charge in [-0.25, -0.2) is 0 Å². The van der Waals surface area contributed by atoms with Gasteiger partial charge in [0.05, 0.1) is 12.0 Å². The molecule has 0 spiro atoms. The molecule has 4 rings (SSSR count). The van der Waals surface area contributed by atoms with Gasteiger partial charge in [0.2, 0.25) is 0 Å². The van der Waals surface area contributed by atoms with E-state index in [2.05, 4.69) is 0 Å². The van der Waals surface area contributed by atoms with Gasteiger partial charge in [0, 0.05) is 23.6 Å². The first-order chi connectivity index (χ1) is 15.3. The predicted molar refractivity (Wildman–Crippen MR) is 115 cm³/mol. The molecular weight excluding hydrogens is 419 g/mol. The molecule has 0 unspecified atom stereocenters. The van der Waals surface area contributed by atoms with Crippen LogP contribution in [0.4, 0.5) is 13.2 Å². The van der Waals surface area contributed by atoms with Crippen LogP contribution in [0.2, 0.25) is 0 Å². The summed E-state index contributed by atoms with van der Waals surface area (Å²) in [6.45, 7) is 0.700. The number of carboxylic acid groups (broad SMARTS) is 1. The highest BCUT2D eigenvalue weighted by atomic mass is 19.4. The van der Waals surface area contributed by atoms with E-state index in [0.717, 1.165) is 28.6 Å². The minimum Gasteiger partial charge on any atom is -0.489 e. The maximum absolute atomic E-state index is 12.8. The lowest BCUT2D eigenvalue weighted by atomic mass is 10.1. The Labute approximate surface area is 182 Å². The van der Waals surface area contributed by atoms with Crippen LogP contribution in [0.3, 0.4) is 0 Å². The number of carbonyl (C=O) groups is 1. The molecule has 0 fully saturated rings. The van der Waals surface area contributed by atoms with E-state index in [1.807, 2.05) is 41.0 Å². The molecule has 1 aromatic heterocycles. The van der Waals surface area contributed by atoms with Crippen LogP contribution in [0, 0.1) is 0 Å². The zero-order chi connectivity index (χ0) is 22.7. The number of benzene rings is 3. The van der Waals surface area contributed by atoms with Crippen molar-refractivity contribution in [2.45, 2.75) is 25.7 Å². The molecule has 4 aromatic rings. The van der Waals surface area contributed by atoms with Crippen molar-refractivity contribution in [3.05, 3.63) is 101 Å². The Hall–Kier alpha value is -3.74. The molecule has 0 aliphatic rings. The fraction of sp³-hybridized carbons (Fsp3) is 0.160. The second kappa shape index (κ2) is 8.78. The standard InChI is InChI=1S/C25H20F3NO3/c26-25(27,28)20-8-6-17(7-9-20)14-29-15-19(12-24(30)31)22-13-21(10-11-23(22)29)32-16-18-4-2-1-3-5-18/h1-11,13,15H,12,14,16H2,(H,30,31). The molecular formula is C25H20F3NO3. The van der Waals surface area contributed by atoms with Crippen LogP contribution in [-0.4, -0.2) is 15.6 Å². The highest BCUT2D eigenvalue weighted by molar-refractivity contribution is 5.88. The van der Waals surface area contributed by atoms with Gasteiger partial charge in [0.25, 0.3) is 0 Å². The molecule has 0 amide bonds.